The third-order valence-electron chi connectivity index (χ3n) is 2.72. The Morgan fingerprint density at radius 2 is 2.05 bits per heavy atom. The summed E-state index contributed by atoms with van der Waals surface area (Å²) in [4.78, 5) is 30.4. The Kier molecular flexibility index (Phi) is 3.98. The zero-order valence-corrected chi connectivity index (χ0v) is 11.6. The standard InChI is InChI=1S/C15H16N2O3/c1-9(2)8-13(18)20-10(3)14-16-12-7-5-4-6-11(12)15(19)17-14/h4-8,10H,1-3H3,(H,16,17,19)/t10-/m0/s1. The maximum atomic E-state index is 11.9. The van der Waals surface area contributed by atoms with Gasteiger partial charge in [0.05, 0.1) is 10.9 Å². The molecule has 20 heavy (non-hydrogen) atoms. The van der Waals surface area contributed by atoms with Gasteiger partial charge in [0.2, 0.25) is 0 Å². The van der Waals surface area contributed by atoms with Crippen LogP contribution in [0.4, 0.5) is 0 Å². The van der Waals surface area contributed by atoms with Crippen molar-refractivity contribution >= 4 is 16.9 Å². The van der Waals surface area contributed by atoms with Crippen LogP contribution in [0.5, 0.6) is 0 Å². The van der Waals surface area contributed by atoms with Crippen molar-refractivity contribution in [3.05, 3.63) is 52.1 Å². The second kappa shape index (κ2) is 5.69. The summed E-state index contributed by atoms with van der Waals surface area (Å²) in [7, 11) is 0. The SMILES string of the molecule is CC(C)=CC(=O)O[C@@H](C)c1nc2ccccc2c(=O)[nH]1. The lowest BCUT2D eigenvalue weighted by atomic mass is 10.2. The van der Waals surface area contributed by atoms with Crippen molar-refractivity contribution in [2.45, 2.75) is 26.9 Å². The molecule has 1 heterocycles. The highest BCUT2D eigenvalue weighted by Gasteiger charge is 2.14. The Morgan fingerprint density at radius 1 is 1.35 bits per heavy atom. The molecule has 0 spiro atoms. The minimum Gasteiger partial charge on any atom is -0.451 e. The molecule has 0 fully saturated rings. The molecule has 5 nitrogen and oxygen atoms in total. The number of fused-ring (bicyclic) bond motifs is 1. The molecule has 0 amide bonds. The Labute approximate surface area is 116 Å². The van der Waals surface area contributed by atoms with Gasteiger partial charge in [0.1, 0.15) is 0 Å². The van der Waals surface area contributed by atoms with Crippen LogP contribution >= 0.6 is 0 Å². The van der Waals surface area contributed by atoms with Crippen molar-refractivity contribution in [3.63, 3.8) is 0 Å². The van der Waals surface area contributed by atoms with Gasteiger partial charge in [0, 0.05) is 6.08 Å². The summed E-state index contributed by atoms with van der Waals surface area (Å²) in [6.07, 6.45) is 0.783. The van der Waals surface area contributed by atoms with Crippen molar-refractivity contribution < 1.29 is 9.53 Å². The number of H-pyrrole nitrogens is 1. The third kappa shape index (κ3) is 3.12. The predicted molar refractivity (Wildman–Crippen MR) is 76.3 cm³/mol. The molecular formula is C15H16N2O3. The number of nitrogens with one attached hydrogen (secondary N) is 1. The molecule has 0 radical (unpaired) electrons. The second-order valence-corrected chi connectivity index (χ2v) is 4.77. The summed E-state index contributed by atoms with van der Waals surface area (Å²) < 4.78 is 5.20. The summed E-state index contributed by atoms with van der Waals surface area (Å²) in [6, 6.07) is 7.03. The number of rotatable bonds is 3. The molecule has 104 valence electrons. The summed E-state index contributed by atoms with van der Waals surface area (Å²) in [5.41, 5.74) is 1.19. The van der Waals surface area contributed by atoms with E-state index in [0.29, 0.717) is 16.7 Å². The quantitative estimate of drug-likeness (QED) is 0.688. The van der Waals surface area contributed by atoms with Crippen LogP contribution in [0.3, 0.4) is 0 Å². The van der Waals surface area contributed by atoms with Crippen LogP contribution in [0.15, 0.2) is 40.7 Å². The topological polar surface area (TPSA) is 72.0 Å². The van der Waals surface area contributed by atoms with Crippen molar-refractivity contribution in [1.82, 2.24) is 9.97 Å². The average Bonchev–Trinajstić information content (AvgIpc) is 2.37. The van der Waals surface area contributed by atoms with Gasteiger partial charge in [-0.15, -0.1) is 0 Å². The molecule has 2 aromatic rings. The van der Waals surface area contributed by atoms with E-state index in [1.807, 2.05) is 13.8 Å². The van der Waals surface area contributed by atoms with Crippen molar-refractivity contribution in [2.24, 2.45) is 0 Å². The molecule has 2 rings (SSSR count). The molecule has 0 aliphatic rings. The van der Waals surface area contributed by atoms with E-state index in [9.17, 15) is 9.59 Å². The fourth-order valence-corrected chi connectivity index (χ4v) is 1.80. The van der Waals surface area contributed by atoms with E-state index in [2.05, 4.69) is 9.97 Å². The highest BCUT2D eigenvalue weighted by Crippen LogP contribution is 2.14. The maximum absolute atomic E-state index is 11.9. The van der Waals surface area contributed by atoms with Gasteiger partial charge in [-0.05, 0) is 32.9 Å². The number of benzene rings is 1. The average molecular weight is 272 g/mol. The summed E-state index contributed by atoms with van der Waals surface area (Å²) in [5, 5.41) is 0.513. The first-order valence-electron chi connectivity index (χ1n) is 6.32. The van der Waals surface area contributed by atoms with Crippen molar-refractivity contribution in [3.8, 4) is 0 Å². The second-order valence-electron chi connectivity index (χ2n) is 4.77. The van der Waals surface area contributed by atoms with Crippen LogP contribution in [0, 0.1) is 0 Å². The normalized spacial score (nSPS) is 11.9. The van der Waals surface area contributed by atoms with Crippen LogP contribution in [0.1, 0.15) is 32.7 Å². The van der Waals surface area contributed by atoms with E-state index in [0.717, 1.165) is 5.57 Å². The number of aromatic amines is 1. The number of aromatic nitrogens is 2. The first kappa shape index (κ1) is 14.0. The molecule has 1 N–H and O–H groups in total. The van der Waals surface area contributed by atoms with Gasteiger partial charge in [0.15, 0.2) is 11.9 Å². The predicted octanol–water partition coefficient (Wildman–Crippen LogP) is 2.49. The van der Waals surface area contributed by atoms with E-state index >= 15 is 0 Å². The highest BCUT2D eigenvalue weighted by molar-refractivity contribution is 5.82. The Morgan fingerprint density at radius 3 is 2.75 bits per heavy atom. The molecule has 0 aliphatic carbocycles. The van der Waals surface area contributed by atoms with E-state index in [1.165, 1.54) is 6.08 Å². The number of carbonyl (C=O) groups is 1. The number of esters is 1. The smallest absolute Gasteiger partial charge is 0.331 e. The molecule has 0 aliphatic heterocycles. The largest absolute Gasteiger partial charge is 0.451 e. The summed E-state index contributed by atoms with van der Waals surface area (Å²) in [5.74, 6) is -0.113. The molecule has 1 atom stereocenters. The monoisotopic (exact) mass is 272 g/mol. The lowest BCUT2D eigenvalue weighted by molar-refractivity contribution is -0.142. The first-order chi connectivity index (χ1) is 9.47. The fourth-order valence-electron chi connectivity index (χ4n) is 1.80. The number of allylic oxidation sites excluding steroid dienone is 1. The molecule has 1 aromatic carbocycles. The van der Waals surface area contributed by atoms with Crippen molar-refractivity contribution in [2.75, 3.05) is 0 Å². The molecule has 0 saturated heterocycles. The van der Waals surface area contributed by atoms with Crippen LogP contribution in [0.2, 0.25) is 0 Å². The molecule has 5 heteroatoms. The van der Waals surface area contributed by atoms with E-state index < -0.39 is 12.1 Å². The highest BCUT2D eigenvalue weighted by atomic mass is 16.5. The number of hydrogen-bond donors (Lipinski definition) is 1. The van der Waals surface area contributed by atoms with Gasteiger partial charge in [-0.3, -0.25) is 4.79 Å². The number of carbonyl (C=O) groups excluding carboxylic acids is 1. The maximum Gasteiger partial charge on any atom is 0.331 e. The minimum atomic E-state index is -0.615. The van der Waals surface area contributed by atoms with Gasteiger partial charge < -0.3 is 9.72 Å². The van der Waals surface area contributed by atoms with Gasteiger partial charge in [-0.1, -0.05) is 17.7 Å². The van der Waals surface area contributed by atoms with Gasteiger partial charge in [-0.25, -0.2) is 9.78 Å². The van der Waals surface area contributed by atoms with Crippen molar-refractivity contribution in [1.29, 1.82) is 0 Å². The zero-order valence-electron chi connectivity index (χ0n) is 11.6. The van der Waals surface area contributed by atoms with Crippen LogP contribution < -0.4 is 5.56 Å². The lowest BCUT2D eigenvalue weighted by Gasteiger charge is -2.11. The van der Waals surface area contributed by atoms with Gasteiger partial charge in [0.25, 0.3) is 5.56 Å². The number of ether oxygens (including phenoxy) is 1. The Hall–Kier alpha value is -2.43. The molecule has 0 unspecified atom stereocenters. The fraction of sp³-hybridized carbons (Fsp3) is 0.267. The van der Waals surface area contributed by atoms with Gasteiger partial charge >= 0.3 is 5.97 Å². The molecule has 0 bridgehead atoms. The van der Waals surface area contributed by atoms with Crippen LogP contribution in [-0.2, 0) is 9.53 Å². The number of nitrogens with zero attached hydrogens (tertiary/aromatic N) is 1. The molecule has 0 saturated carbocycles. The van der Waals surface area contributed by atoms with Crippen LogP contribution in [0.25, 0.3) is 10.9 Å². The Bertz CT molecular complexity index is 727. The summed E-state index contributed by atoms with van der Waals surface area (Å²) in [6.45, 7) is 5.29. The van der Waals surface area contributed by atoms with Gasteiger partial charge in [-0.2, -0.15) is 0 Å². The Balaban J connectivity index is 2.31. The molecular weight excluding hydrogens is 256 g/mol. The zero-order chi connectivity index (χ0) is 14.7. The number of para-hydroxylation sites is 1. The molecule has 1 aromatic heterocycles. The lowest BCUT2D eigenvalue weighted by Crippen LogP contribution is -2.16. The van der Waals surface area contributed by atoms with Crippen LogP contribution in [-0.4, -0.2) is 15.9 Å². The first-order valence-corrected chi connectivity index (χ1v) is 6.32. The number of hydrogen-bond acceptors (Lipinski definition) is 4. The summed E-state index contributed by atoms with van der Waals surface area (Å²) >= 11 is 0. The third-order valence-corrected chi connectivity index (χ3v) is 2.72. The minimum absolute atomic E-state index is 0.240. The van der Waals surface area contributed by atoms with E-state index in [4.69, 9.17) is 4.74 Å². The van der Waals surface area contributed by atoms with E-state index in [-0.39, 0.29) is 5.56 Å². The van der Waals surface area contributed by atoms with E-state index in [1.54, 1.807) is 31.2 Å².